The van der Waals surface area contributed by atoms with Crippen molar-refractivity contribution in [1.29, 1.82) is 0 Å². The van der Waals surface area contributed by atoms with Crippen molar-refractivity contribution < 1.29 is 50.1 Å². The summed E-state index contributed by atoms with van der Waals surface area (Å²) in [4.78, 5) is 25.1. The van der Waals surface area contributed by atoms with Crippen LogP contribution in [0.5, 0.6) is 5.75 Å². The smallest absolute Gasteiger partial charge is 0.324 e. The summed E-state index contributed by atoms with van der Waals surface area (Å²) in [5, 5.41) is 41.0. The van der Waals surface area contributed by atoms with E-state index < -0.39 is 31.6 Å². The molecule has 1 heterocycles. The fourth-order valence-corrected chi connectivity index (χ4v) is 1.51. The van der Waals surface area contributed by atoms with Gasteiger partial charge in [0.15, 0.2) is 0 Å². The van der Waals surface area contributed by atoms with Crippen LogP contribution in [-0.4, -0.2) is 61.7 Å². The number of aromatic hydroxyl groups is 1. The molecule has 0 aliphatic heterocycles. The van der Waals surface area contributed by atoms with Gasteiger partial charge in [0.2, 0.25) is 0 Å². The quantitative estimate of drug-likeness (QED) is 0.353. The SMILES string of the molecule is Cc1ncc(CO)c(/C=N/N(CC(=O)O)CC(=O)O)c1O.[99Tc]. The van der Waals surface area contributed by atoms with Gasteiger partial charge < -0.3 is 20.4 Å². The number of carbonyl (C=O) groups is 2. The topological polar surface area (TPSA) is 144 Å². The van der Waals surface area contributed by atoms with E-state index in [1.165, 1.54) is 6.20 Å². The third kappa shape index (κ3) is 5.76. The first kappa shape index (κ1) is 20.0. The minimum atomic E-state index is -1.24. The Balaban J connectivity index is 0.00000441. The molecule has 1 radical (unpaired) electrons. The van der Waals surface area contributed by atoms with Gasteiger partial charge in [-0.2, -0.15) is 5.10 Å². The Morgan fingerprint density at radius 2 is 1.86 bits per heavy atom. The number of hydrogen-bond donors (Lipinski definition) is 4. The molecule has 0 aliphatic carbocycles. The molecule has 4 N–H and O–H groups in total. The minimum absolute atomic E-state index is 0. The minimum Gasteiger partial charge on any atom is -0.505 e. The average molecular weight is 396 g/mol. The summed E-state index contributed by atoms with van der Waals surface area (Å²) in [7, 11) is 0. The summed E-state index contributed by atoms with van der Waals surface area (Å²) >= 11 is 0. The van der Waals surface area contributed by atoms with Crippen LogP contribution in [-0.2, 0) is 36.3 Å². The van der Waals surface area contributed by atoms with E-state index in [-0.39, 0.29) is 37.0 Å². The molecule has 0 aromatic carbocycles. The fraction of sp³-hybridized carbons (Fsp3) is 0.333. The van der Waals surface area contributed by atoms with Crippen molar-refractivity contribution in [3.8, 4) is 5.75 Å². The second-order valence-electron chi connectivity index (χ2n) is 4.14. The van der Waals surface area contributed by atoms with Gasteiger partial charge in [-0.25, -0.2) is 0 Å². The van der Waals surface area contributed by atoms with Crippen LogP contribution in [0.2, 0.25) is 0 Å². The molecule has 0 aliphatic rings. The molecular weight excluding hydrogens is 381 g/mol. The standard InChI is InChI=1S/C12H15N3O6.Tc/c1-7-12(21)9(8(6-16)2-13-7)3-14-15(4-10(17)18)5-11(19)20;/h2-3,16,21H,4-6H2,1H3,(H,17,18)(H,19,20);/b14-3+;/i;1+1. The molecule has 121 valence electrons. The van der Waals surface area contributed by atoms with E-state index in [9.17, 15) is 19.8 Å². The Morgan fingerprint density at radius 1 is 1.32 bits per heavy atom. The number of hydrogen-bond acceptors (Lipinski definition) is 7. The van der Waals surface area contributed by atoms with E-state index >= 15 is 0 Å². The van der Waals surface area contributed by atoms with E-state index in [4.69, 9.17) is 10.2 Å². The molecule has 0 spiro atoms. The summed E-state index contributed by atoms with van der Waals surface area (Å²) in [6.45, 7) is -0.0790. The molecule has 0 atom stereocenters. The Morgan fingerprint density at radius 3 is 2.32 bits per heavy atom. The van der Waals surface area contributed by atoms with Crippen molar-refractivity contribution in [1.82, 2.24) is 9.99 Å². The molecule has 22 heavy (non-hydrogen) atoms. The number of carboxylic acid groups (broad SMARTS) is 2. The van der Waals surface area contributed by atoms with Crippen molar-refractivity contribution in [2.45, 2.75) is 13.5 Å². The molecule has 0 saturated heterocycles. The third-order valence-electron chi connectivity index (χ3n) is 2.51. The van der Waals surface area contributed by atoms with Gasteiger partial charge in [-0.1, -0.05) is 0 Å². The monoisotopic (exact) mass is 396 g/mol. The predicted octanol–water partition coefficient (Wildman–Crippen LogP) is -0.609. The number of aliphatic hydroxyl groups is 1. The number of aliphatic hydroxyl groups excluding tert-OH is 1. The van der Waals surface area contributed by atoms with E-state index in [1.807, 2.05) is 0 Å². The molecule has 0 unspecified atom stereocenters. The number of pyridine rings is 1. The van der Waals surface area contributed by atoms with Crippen molar-refractivity contribution in [3.05, 3.63) is 23.0 Å². The van der Waals surface area contributed by atoms with Crippen LogP contribution in [0.15, 0.2) is 11.3 Å². The Kier molecular flexibility index (Phi) is 8.24. The fourth-order valence-electron chi connectivity index (χ4n) is 1.51. The number of carboxylic acids is 2. The molecule has 0 bridgehead atoms. The first-order valence-corrected chi connectivity index (χ1v) is 5.86. The van der Waals surface area contributed by atoms with Crippen LogP contribution in [0, 0.1) is 6.92 Å². The Bertz CT molecular complexity index is 562. The van der Waals surface area contributed by atoms with Gasteiger partial charge in [-0.05, 0) is 6.92 Å². The van der Waals surface area contributed by atoms with E-state index in [2.05, 4.69) is 10.1 Å². The zero-order valence-electron chi connectivity index (χ0n) is 11.6. The van der Waals surface area contributed by atoms with Gasteiger partial charge in [0, 0.05) is 37.4 Å². The first-order valence-electron chi connectivity index (χ1n) is 5.86. The number of hydrazone groups is 1. The predicted molar refractivity (Wildman–Crippen MR) is 71.0 cm³/mol. The molecule has 10 heteroatoms. The molecule has 1 aromatic rings. The largest absolute Gasteiger partial charge is 0.505 e. The van der Waals surface area contributed by atoms with Gasteiger partial charge in [0.1, 0.15) is 18.8 Å². The maximum absolute atomic E-state index is 10.6. The molecular formula is C12H15N3O6Tc. The van der Waals surface area contributed by atoms with Crippen molar-refractivity contribution >= 4 is 18.2 Å². The summed E-state index contributed by atoms with van der Waals surface area (Å²) in [5.41, 5.74) is 0.745. The Labute approximate surface area is 139 Å². The molecule has 0 saturated carbocycles. The van der Waals surface area contributed by atoms with Crippen LogP contribution >= 0.6 is 0 Å². The molecule has 1 aromatic heterocycles. The van der Waals surface area contributed by atoms with Gasteiger partial charge in [0.25, 0.3) is 0 Å². The zero-order valence-corrected chi connectivity index (χ0v) is 13.5. The van der Waals surface area contributed by atoms with Crippen LogP contribution in [0.4, 0.5) is 0 Å². The van der Waals surface area contributed by atoms with Crippen molar-refractivity contribution in [2.75, 3.05) is 13.1 Å². The Hall–Kier alpha value is -2.03. The number of nitrogens with zero attached hydrogens (tertiary/aromatic N) is 3. The van der Waals surface area contributed by atoms with E-state index in [0.717, 1.165) is 11.2 Å². The first-order chi connectivity index (χ1) is 9.85. The molecule has 9 nitrogen and oxygen atoms in total. The summed E-state index contributed by atoms with van der Waals surface area (Å²) in [6.07, 6.45) is 2.44. The summed E-state index contributed by atoms with van der Waals surface area (Å²) in [6, 6.07) is 0. The molecule has 1 rings (SSSR count). The van der Waals surface area contributed by atoms with Gasteiger partial charge >= 0.3 is 11.9 Å². The van der Waals surface area contributed by atoms with Crippen LogP contribution in [0.3, 0.4) is 0 Å². The number of aryl methyl sites for hydroxylation is 1. The van der Waals surface area contributed by atoms with Gasteiger partial charge in [-0.3, -0.25) is 19.6 Å². The van der Waals surface area contributed by atoms with Gasteiger partial charge in [0.05, 0.1) is 18.5 Å². The van der Waals surface area contributed by atoms with Crippen LogP contribution < -0.4 is 0 Å². The van der Waals surface area contributed by atoms with E-state index in [1.54, 1.807) is 6.92 Å². The number of aromatic nitrogens is 1. The summed E-state index contributed by atoms with van der Waals surface area (Å²) < 4.78 is 0. The second-order valence-corrected chi connectivity index (χ2v) is 4.14. The normalized spacial score (nSPS) is 10.3. The summed E-state index contributed by atoms with van der Waals surface area (Å²) in [5.74, 6) is -2.70. The molecule has 0 fully saturated rings. The van der Waals surface area contributed by atoms with Gasteiger partial charge in [-0.15, -0.1) is 0 Å². The van der Waals surface area contributed by atoms with Crippen molar-refractivity contribution in [3.63, 3.8) is 0 Å². The molecule has 0 amide bonds. The van der Waals surface area contributed by atoms with Crippen LogP contribution in [0.25, 0.3) is 0 Å². The third-order valence-corrected chi connectivity index (χ3v) is 2.51. The zero-order chi connectivity index (χ0) is 16.0. The van der Waals surface area contributed by atoms with E-state index in [0.29, 0.717) is 5.69 Å². The number of aliphatic carboxylic acids is 2. The average Bonchev–Trinajstić information content (AvgIpc) is 2.38. The van der Waals surface area contributed by atoms with Crippen molar-refractivity contribution in [2.24, 2.45) is 5.10 Å². The maximum atomic E-state index is 10.6. The maximum Gasteiger partial charge on any atom is 0.324 e. The second kappa shape index (κ2) is 9.08. The van der Waals surface area contributed by atoms with Crippen LogP contribution in [0.1, 0.15) is 16.8 Å². The number of rotatable bonds is 7.